The van der Waals surface area contributed by atoms with Crippen molar-refractivity contribution >= 4 is 23.8 Å². The third-order valence-electron chi connectivity index (χ3n) is 3.98. The van der Waals surface area contributed by atoms with E-state index >= 15 is 0 Å². The first kappa shape index (κ1) is 12.8. The van der Waals surface area contributed by atoms with Crippen LogP contribution in [0.4, 0.5) is 0 Å². The second-order valence-electron chi connectivity index (χ2n) is 5.37. The minimum Gasteiger partial charge on any atom is -0.307 e. The second-order valence-corrected chi connectivity index (χ2v) is 6.15. The van der Waals surface area contributed by atoms with Crippen LogP contribution in [-0.4, -0.2) is 19.7 Å². The van der Waals surface area contributed by atoms with Gasteiger partial charge < -0.3 is 4.57 Å². The molecule has 0 unspecified atom stereocenters. The van der Waals surface area contributed by atoms with Crippen molar-refractivity contribution in [2.24, 2.45) is 13.0 Å². The number of rotatable bonds is 2. The molecule has 0 atom stereocenters. The zero-order valence-corrected chi connectivity index (χ0v) is 12.4. The molecule has 2 aromatic rings. The fourth-order valence-electron chi connectivity index (χ4n) is 3.15. The van der Waals surface area contributed by atoms with Crippen LogP contribution in [0.25, 0.3) is 0 Å². The Morgan fingerprint density at radius 3 is 2.79 bits per heavy atom. The maximum Gasteiger partial charge on any atom is 0.194 e. The van der Waals surface area contributed by atoms with E-state index in [1.165, 1.54) is 5.56 Å². The lowest BCUT2D eigenvalue weighted by Gasteiger charge is -2.46. The van der Waals surface area contributed by atoms with E-state index in [2.05, 4.69) is 22.1 Å². The maximum atomic E-state index is 6.03. The Morgan fingerprint density at radius 1 is 1.53 bits per heavy atom. The number of aromatic amines is 1. The molecule has 0 bridgehead atoms. The Bertz CT molecular complexity index is 669. The van der Waals surface area contributed by atoms with E-state index in [9.17, 15) is 0 Å². The van der Waals surface area contributed by atoms with E-state index < -0.39 is 0 Å². The highest BCUT2D eigenvalue weighted by molar-refractivity contribution is 7.71. The lowest BCUT2D eigenvalue weighted by molar-refractivity contribution is 0.185. The van der Waals surface area contributed by atoms with E-state index in [4.69, 9.17) is 23.8 Å². The molecule has 1 saturated carbocycles. The van der Waals surface area contributed by atoms with Gasteiger partial charge in [-0.1, -0.05) is 18.5 Å². The summed E-state index contributed by atoms with van der Waals surface area (Å²) in [7, 11) is 1.95. The summed E-state index contributed by atoms with van der Waals surface area (Å²) >= 11 is 11.3. The van der Waals surface area contributed by atoms with Crippen molar-refractivity contribution in [1.29, 1.82) is 0 Å². The molecule has 2 aromatic heterocycles. The van der Waals surface area contributed by atoms with Gasteiger partial charge in [-0.25, -0.2) is 4.98 Å². The number of halogens is 1. The average Bonchev–Trinajstić information content (AvgIpc) is 2.66. The maximum absolute atomic E-state index is 6.03. The third-order valence-corrected chi connectivity index (χ3v) is 4.55. The molecule has 0 radical (unpaired) electrons. The van der Waals surface area contributed by atoms with Gasteiger partial charge >= 0.3 is 0 Å². The van der Waals surface area contributed by atoms with Gasteiger partial charge in [0.1, 0.15) is 11.0 Å². The predicted octanol–water partition coefficient (Wildman–Crippen LogP) is 3.24. The van der Waals surface area contributed by atoms with E-state index in [1.54, 1.807) is 6.20 Å². The number of pyridine rings is 1. The van der Waals surface area contributed by atoms with Crippen LogP contribution in [0.3, 0.4) is 0 Å². The van der Waals surface area contributed by atoms with Gasteiger partial charge in [0.05, 0.1) is 5.41 Å². The summed E-state index contributed by atoms with van der Waals surface area (Å²) in [6.45, 7) is 2.25. The Kier molecular flexibility index (Phi) is 2.98. The van der Waals surface area contributed by atoms with E-state index in [0.717, 1.165) is 18.7 Å². The van der Waals surface area contributed by atoms with Crippen LogP contribution >= 0.6 is 23.8 Å². The topological polar surface area (TPSA) is 46.5 Å². The Morgan fingerprint density at radius 2 is 2.26 bits per heavy atom. The molecular weight excluding hydrogens is 280 g/mol. The molecule has 0 amide bonds. The zero-order chi connectivity index (χ0) is 13.6. The molecule has 0 aromatic carbocycles. The minimum absolute atomic E-state index is 0.0890. The smallest absolute Gasteiger partial charge is 0.194 e. The van der Waals surface area contributed by atoms with Crippen LogP contribution < -0.4 is 0 Å². The van der Waals surface area contributed by atoms with Gasteiger partial charge in [0.15, 0.2) is 4.77 Å². The molecule has 0 aliphatic heterocycles. The van der Waals surface area contributed by atoms with Crippen molar-refractivity contribution in [3.05, 3.63) is 39.6 Å². The van der Waals surface area contributed by atoms with E-state index in [1.807, 2.05) is 23.7 Å². The fourth-order valence-corrected chi connectivity index (χ4v) is 3.46. The number of aromatic nitrogens is 4. The molecule has 4 nitrogen and oxygen atoms in total. The largest absolute Gasteiger partial charge is 0.307 e. The summed E-state index contributed by atoms with van der Waals surface area (Å²) in [4.78, 5) is 4.06. The monoisotopic (exact) mass is 294 g/mol. The van der Waals surface area contributed by atoms with Crippen LogP contribution in [0.2, 0.25) is 5.15 Å². The van der Waals surface area contributed by atoms with Gasteiger partial charge in [0, 0.05) is 13.2 Å². The van der Waals surface area contributed by atoms with Gasteiger partial charge in [0.25, 0.3) is 0 Å². The minimum atomic E-state index is -0.0890. The van der Waals surface area contributed by atoms with Crippen molar-refractivity contribution in [3.63, 3.8) is 0 Å². The first-order valence-electron chi connectivity index (χ1n) is 6.27. The second kappa shape index (κ2) is 4.42. The zero-order valence-electron chi connectivity index (χ0n) is 10.9. The molecule has 0 saturated heterocycles. The van der Waals surface area contributed by atoms with E-state index in [-0.39, 0.29) is 5.41 Å². The first-order chi connectivity index (χ1) is 9.03. The number of hydrogen-bond donors (Lipinski definition) is 1. The highest BCUT2D eigenvalue weighted by Gasteiger charge is 2.48. The van der Waals surface area contributed by atoms with Crippen LogP contribution in [-0.2, 0) is 12.5 Å². The highest BCUT2D eigenvalue weighted by Crippen LogP contribution is 2.51. The van der Waals surface area contributed by atoms with Gasteiger partial charge in [-0.15, -0.1) is 0 Å². The Balaban J connectivity index is 2.15. The van der Waals surface area contributed by atoms with Gasteiger partial charge in [-0.05, 0) is 48.7 Å². The average molecular weight is 295 g/mol. The van der Waals surface area contributed by atoms with Crippen molar-refractivity contribution in [2.45, 2.75) is 25.2 Å². The fraction of sp³-hybridized carbons (Fsp3) is 0.462. The molecule has 1 fully saturated rings. The van der Waals surface area contributed by atoms with Crippen molar-refractivity contribution < 1.29 is 0 Å². The highest BCUT2D eigenvalue weighted by atomic mass is 35.5. The number of nitrogens with one attached hydrogen (secondary N) is 1. The predicted molar refractivity (Wildman–Crippen MR) is 76.8 cm³/mol. The molecule has 1 N–H and O–H groups in total. The van der Waals surface area contributed by atoms with Crippen molar-refractivity contribution in [1.82, 2.24) is 19.7 Å². The summed E-state index contributed by atoms with van der Waals surface area (Å²) in [6.07, 6.45) is 3.87. The van der Waals surface area contributed by atoms with Crippen LogP contribution in [0.15, 0.2) is 18.3 Å². The molecular formula is C13H15ClN4S. The Hall–Kier alpha value is -1.20. The first-order valence-corrected chi connectivity index (χ1v) is 7.05. The lowest BCUT2D eigenvalue weighted by Crippen LogP contribution is -2.43. The third kappa shape index (κ3) is 1.92. The van der Waals surface area contributed by atoms with Crippen LogP contribution in [0.5, 0.6) is 0 Å². The van der Waals surface area contributed by atoms with Crippen LogP contribution in [0, 0.1) is 10.7 Å². The summed E-state index contributed by atoms with van der Waals surface area (Å²) in [6, 6.07) is 3.96. The molecule has 1 aliphatic rings. The molecule has 1 aliphatic carbocycles. The lowest BCUT2D eigenvalue weighted by atomic mass is 9.59. The summed E-state index contributed by atoms with van der Waals surface area (Å²) in [5.41, 5.74) is 1.08. The number of nitrogens with zero attached hydrogens (tertiary/aromatic N) is 3. The summed E-state index contributed by atoms with van der Waals surface area (Å²) in [5, 5.41) is 7.83. The molecule has 3 rings (SSSR count). The molecule has 100 valence electrons. The van der Waals surface area contributed by atoms with Gasteiger partial charge in [-0.3, -0.25) is 5.10 Å². The van der Waals surface area contributed by atoms with E-state index in [0.29, 0.717) is 15.8 Å². The Labute approximate surface area is 121 Å². The molecule has 2 heterocycles. The normalized spacial score (nSPS) is 26.2. The van der Waals surface area contributed by atoms with Gasteiger partial charge in [-0.2, -0.15) is 5.10 Å². The van der Waals surface area contributed by atoms with Gasteiger partial charge in [0.2, 0.25) is 0 Å². The van der Waals surface area contributed by atoms with Crippen molar-refractivity contribution in [2.75, 3.05) is 0 Å². The number of H-pyrrole nitrogens is 1. The molecule has 6 heteroatoms. The standard InChI is InChI=1S/C13H15ClN4S/c1-8-6-13(7-8,9-3-4-15-10(14)5-9)11-16-17-12(19)18(11)2/h3-5,8H,6-7H2,1-2H3,(H,17,19). The number of hydrogen-bond acceptors (Lipinski definition) is 3. The SMILES string of the molecule is CC1CC(c2ccnc(Cl)c2)(c2n[nH]c(=S)n2C)C1. The quantitative estimate of drug-likeness (QED) is 0.683. The molecule has 19 heavy (non-hydrogen) atoms. The van der Waals surface area contributed by atoms with Crippen LogP contribution in [0.1, 0.15) is 31.2 Å². The summed E-state index contributed by atoms with van der Waals surface area (Å²) in [5.74, 6) is 1.66. The molecule has 0 spiro atoms. The van der Waals surface area contributed by atoms with Crippen molar-refractivity contribution in [3.8, 4) is 0 Å². The summed E-state index contributed by atoms with van der Waals surface area (Å²) < 4.78 is 2.60.